The first-order valence-corrected chi connectivity index (χ1v) is 11.0. The predicted molar refractivity (Wildman–Crippen MR) is 119 cm³/mol. The van der Waals surface area contributed by atoms with Gasteiger partial charge in [0.05, 0.1) is 11.1 Å². The van der Waals surface area contributed by atoms with Crippen LogP contribution in [-0.2, 0) is 13.0 Å². The first-order chi connectivity index (χ1) is 13.3. The number of Topliss-reactive ketones (excluding diaryl/α,β-unsaturated/α-hetero) is 1. The fraction of sp³-hybridized carbons (Fsp3) is 0.318. The van der Waals surface area contributed by atoms with E-state index in [1.807, 2.05) is 39.0 Å². The molecular weight excluding hydrogens is 388 g/mol. The second kappa shape index (κ2) is 8.45. The zero-order valence-electron chi connectivity index (χ0n) is 16.7. The SMILES string of the molecule is C=CCn1c(SCC(=O)c2c(C)cc(C)cc2C)nc2sc(CC)cc2c1=O. The summed E-state index contributed by atoms with van der Waals surface area (Å²) in [7, 11) is 0. The fourth-order valence-electron chi connectivity index (χ4n) is 3.44. The standard InChI is InChI=1S/C22H24N2O2S2/c1-6-8-24-21(26)17-11-16(7-2)28-20(17)23-22(24)27-12-18(25)19-14(4)9-13(3)10-15(19)5/h6,9-11H,1,7-8,12H2,2-5H3. The van der Waals surface area contributed by atoms with Crippen LogP contribution >= 0.6 is 23.1 Å². The second-order valence-electron chi connectivity index (χ2n) is 6.87. The van der Waals surface area contributed by atoms with Crippen molar-refractivity contribution in [1.82, 2.24) is 9.55 Å². The molecule has 1 aromatic carbocycles. The van der Waals surface area contributed by atoms with E-state index in [9.17, 15) is 9.59 Å². The first kappa shape index (κ1) is 20.6. The average molecular weight is 413 g/mol. The van der Waals surface area contributed by atoms with Gasteiger partial charge in [-0.25, -0.2) is 4.98 Å². The summed E-state index contributed by atoms with van der Waals surface area (Å²) in [6.45, 7) is 12.2. The van der Waals surface area contributed by atoms with Crippen LogP contribution in [0.1, 0.15) is 38.8 Å². The molecule has 3 aromatic rings. The number of carbonyl (C=O) groups is 1. The van der Waals surface area contributed by atoms with Crippen molar-refractivity contribution in [2.75, 3.05) is 5.75 Å². The molecule has 0 aliphatic carbocycles. The van der Waals surface area contributed by atoms with Crippen LogP contribution in [0.15, 0.2) is 40.8 Å². The van der Waals surface area contributed by atoms with Crippen molar-refractivity contribution in [2.24, 2.45) is 0 Å². The number of allylic oxidation sites excluding steroid dienone is 1. The molecule has 2 heterocycles. The van der Waals surface area contributed by atoms with E-state index < -0.39 is 0 Å². The zero-order chi connectivity index (χ0) is 20.4. The largest absolute Gasteiger partial charge is 0.293 e. The summed E-state index contributed by atoms with van der Waals surface area (Å²) in [5.74, 6) is 0.297. The molecule has 0 bridgehead atoms. The molecule has 0 aliphatic rings. The lowest BCUT2D eigenvalue weighted by molar-refractivity contribution is 0.102. The predicted octanol–water partition coefficient (Wildman–Crippen LogP) is 5.11. The highest BCUT2D eigenvalue weighted by Crippen LogP contribution is 2.26. The van der Waals surface area contributed by atoms with Gasteiger partial charge in [0, 0.05) is 17.0 Å². The van der Waals surface area contributed by atoms with Crippen molar-refractivity contribution in [2.45, 2.75) is 45.8 Å². The summed E-state index contributed by atoms with van der Waals surface area (Å²) >= 11 is 2.86. The lowest BCUT2D eigenvalue weighted by atomic mass is 9.97. The Balaban J connectivity index is 1.95. The molecule has 28 heavy (non-hydrogen) atoms. The number of hydrogen-bond donors (Lipinski definition) is 0. The van der Waals surface area contributed by atoms with Gasteiger partial charge in [0.25, 0.3) is 5.56 Å². The maximum absolute atomic E-state index is 12.9. The fourth-order valence-corrected chi connectivity index (χ4v) is 5.33. The van der Waals surface area contributed by atoms with Gasteiger partial charge in [-0.15, -0.1) is 17.9 Å². The third-order valence-electron chi connectivity index (χ3n) is 4.62. The van der Waals surface area contributed by atoms with Crippen LogP contribution in [0.3, 0.4) is 0 Å². The Kier molecular flexibility index (Phi) is 6.20. The molecule has 0 saturated heterocycles. The average Bonchev–Trinajstić information content (AvgIpc) is 3.05. The first-order valence-electron chi connectivity index (χ1n) is 9.23. The lowest BCUT2D eigenvalue weighted by Gasteiger charge is -2.12. The van der Waals surface area contributed by atoms with Gasteiger partial charge < -0.3 is 0 Å². The molecular formula is C22H24N2O2S2. The van der Waals surface area contributed by atoms with Crippen LogP contribution in [0, 0.1) is 20.8 Å². The molecule has 0 amide bonds. The third kappa shape index (κ3) is 3.98. The van der Waals surface area contributed by atoms with Crippen molar-refractivity contribution in [3.63, 3.8) is 0 Å². The Morgan fingerprint density at radius 1 is 1.25 bits per heavy atom. The summed E-state index contributed by atoms with van der Waals surface area (Å²) in [6, 6.07) is 5.98. The molecule has 0 saturated carbocycles. The van der Waals surface area contributed by atoms with E-state index in [1.54, 1.807) is 22.0 Å². The van der Waals surface area contributed by atoms with Gasteiger partial charge in [-0.1, -0.05) is 42.5 Å². The van der Waals surface area contributed by atoms with Gasteiger partial charge in [-0.3, -0.25) is 14.2 Å². The Morgan fingerprint density at radius 2 is 1.93 bits per heavy atom. The maximum atomic E-state index is 12.9. The second-order valence-corrected chi connectivity index (χ2v) is 8.93. The summed E-state index contributed by atoms with van der Waals surface area (Å²) in [6.07, 6.45) is 2.55. The zero-order valence-corrected chi connectivity index (χ0v) is 18.3. The van der Waals surface area contributed by atoms with E-state index in [-0.39, 0.29) is 17.1 Å². The molecule has 3 rings (SSSR count). The van der Waals surface area contributed by atoms with E-state index in [1.165, 1.54) is 11.8 Å². The highest BCUT2D eigenvalue weighted by molar-refractivity contribution is 7.99. The van der Waals surface area contributed by atoms with Crippen molar-refractivity contribution in [1.29, 1.82) is 0 Å². The summed E-state index contributed by atoms with van der Waals surface area (Å²) in [5, 5.41) is 1.21. The van der Waals surface area contributed by atoms with E-state index in [4.69, 9.17) is 4.98 Å². The van der Waals surface area contributed by atoms with Crippen LogP contribution in [0.25, 0.3) is 10.2 Å². The number of aromatic nitrogens is 2. The number of thioether (sulfide) groups is 1. The Bertz CT molecular complexity index is 1100. The van der Waals surface area contributed by atoms with Gasteiger partial charge in [0.15, 0.2) is 10.9 Å². The van der Waals surface area contributed by atoms with Crippen molar-refractivity contribution in [3.05, 3.63) is 68.3 Å². The minimum absolute atomic E-state index is 0.0555. The molecule has 0 radical (unpaired) electrons. The molecule has 0 aliphatic heterocycles. The number of hydrogen-bond acceptors (Lipinski definition) is 5. The molecule has 4 nitrogen and oxygen atoms in total. The quantitative estimate of drug-likeness (QED) is 0.234. The Labute approximate surface area is 173 Å². The Morgan fingerprint density at radius 3 is 2.54 bits per heavy atom. The number of ketones is 1. The van der Waals surface area contributed by atoms with Gasteiger partial charge in [-0.2, -0.15) is 0 Å². The van der Waals surface area contributed by atoms with Crippen LogP contribution in [0.4, 0.5) is 0 Å². The molecule has 146 valence electrons. The van der Waals surface area contributed by atoms with Crippen molar-refractivity contribution >= 4 is 39.1 Å². The van der Waals surface area contributed by atoms with Gasteiger partial charge in [0.2, 0.25) is 0 Å². The highest BCUT2D eigenvalue weighted by Gasteiger charge is 2.17. The van der Waals surface area contributed by atoms with Crippen LogP contribution in [-0.4, -0.2) is 21.1 Å². The van der Waals surface area contributed by atoms with Crippen molar-refractivity contribution in [3.8, 4) is 0 Å². The molecule has 6 heteroatoms. The smallest absolute Gasteiger partial charge is 0.263 e. The molecule has 0 unspecified atom stereocenters. The molecule has 0 fully saturated rings. The molecule has 0 N–H and O–H groups in total. The highest BCUT2D eigenvalue weighted by atomic mass is 32.2. The molecule has 0 spiro atoms. The normalized spacial score (nSPS) is 11.1. The summed E-state index contributed by atoms with van der Waals surface area (Å²) < 4.78 is 1.61. The van der Waals surface area contributed by atoms with Crippen molar-refractivity contribution < 1.29 is 4.79 Å². The number of carbonyl (C=O) groups excluding carboxylic acids is 1. The number of aryl methyl sites for hydroxylation is 4. The lowest BCUT2D eigenvalue weighted by Crippen LogP contribution is -2.22. The van der Waals surface area contributed by atoms with Crippen LogP contribution in [0.5, 0.6) is 0 Å². The number of thiophene rings is 1. The third-order valence-corrected chi connectivity index (χ3v) is 6.77. The number of benzene rings is 1. The van der Waals surface area contributed by atoms with E-state index in [0.717, 1.165) is 38.4 Å². The molecule has 2 aromatic heterocycles. The summed E-state index contributed by atoms with van der Waals surface area (Å²) in [4.78, 5) is 32.4. The van der Waals surface area contributed by atoms with Crippen LogP contribution in [0.2, 0.25) is 0 Å². The number of rotatable bonds is 7. The minimum Gasteiger partial charge on any atom is -0.293 e. The van der Waals surface area contributed by atoms with E-state index in [0.29, 0.717) is 17.1 Å². The van der Waals surface area contributed by atoms with Gasteiger partial charge in [0.1, 0.15) is 4.83 Å². The summed E-state index contributed by atoms with van der Waals surface area (Å²) in [5.41, 5.74) is 3.82. The topological polar surface area (TPSA) is 52.0 Å². The molecule has 0 atom stereocenters. The van der Waals surface area contributed by atoms with Gasteiger partial charge in [-0.05, 0) is 44.4 Å². The monoisotopic (exact) mass is 412 g/mol. The van der Waals surface area contributed by atoms with Gasteiger partial charge >= 0.3 is 0 Å². The minimum atomic E-state index is -0.0708. The van der Waals surface area contributed by atoms with Crippen LogP contribution < -0.4 is 5.56 Å². The number of nitrogens with zero attached hydrogens (tertiary/aromatic N) is 2. The Hall–Kier alpha value is -2.18. The number of fused-ring (bicyclic) bond motifs is 1. The van der Waals surface area contributed by atoms with E-state index in [2.05, 4.69) is 13.5 Å². The maximum Gasteiger partial charge on any atom is 0.263 e. The van der Waals surface area contributed by atoms with E-state index >= 15 is 0 Å².